The summed E-state index contributed by atoms with van der Waals surface area (Å²) in [6.45, 7) is 2.45. The molecular weight excluding hydrogens is 430 g/mol. The summed E-state index contributed by atoms with van der Waals surface area (Å²) in [5.41, 5.74) is 2.64. The summed E-state index contributed by atoms with van der Waals surface area (Å²) in [5, 5.41) is 20.1. The molecule has 0 bridgehead atoms. The molecule has 2 heterocycles. The number of amides is 1. The summed E-state index contributed by atoms with van der Waals surface area (Å²) in [6.07, 6.45) is 0. The number of ether oxygens (including phenoxy) is 1. The molecule has 0 spiro atoms. The van der Waals surface area contributed by atoms with E-state index in [-0.39, 0.29) is 11.7 Å². The van der Waals surface area contributed by atoms with Crippen molar-refractivity contribution in [2.75, 3.05) is 17.7 Å². The minimum Gasteiger partial charge on any atom is -0.462 e. The second kappa shape index (κ2) is 9.60. The van der Waals surface area contributed by atoms with E-state index in [1.807, 2.05) is 35.9 Å². The van der Waals surface area contributed by atoms with Crippen LogP contribution in [-0.4, -0.2) is 54.0 Å². The van der Waals surface area contributed by atoms with Crippen molar-refractivity contribution < 1.29 is 14.3 Å². The lowest BCUT2D eigenvalue weighted by molar-refractivity contribution is -0.113. The number of nitrogens with zero attached hydrogens (tertiary/aromatic N) is 6. The number of thioether (sulfide) groups is 1. The van der Waals surface area contributed by atoms with Crippen molar-refractivity contribution in [1.29, 1.82) is 0 Å². The molecule has 0 aliphatic rings. The topological polar surface area (TPSA) is 117 Å². The van der Waals surface area contributed by atoms with E-state index in [9.17, 15) is 9.59 Å². The van der Waals surface area contributed by atoms with Crippen LogP contribution in [0.3, 0.4) is 0 Å². The molecule has 32 heavy (non-hydrogen) atoms. The number of hydrogen-bond acceptors (Lipinski definition) is 8. The molecule has 2 aromatic heterocycles. The van der Waals surface area contributed by atoms with E-state index in [4.69, 9.17) is 4.74 Å². The van der Waals surface area contributed by atoms with Crippen LogP contribution in [0, 0.1) is 0 Å². The van der Waals surface area contributed by atoms with E-state index in [0.29, 0.717) is 35.4 Å². The molecule has 0 atom stereocenters. The zero-order chi connectivity index (χ0) is 22.5. The first kappa shape index (κ1) is 21.5. The second-order valence-corrected chi connectivity index (χ2v) is 7.77. The fourth-order valence-electron chi connectivity index (χ4n) is 3.04. The molecule has 4 aromatic rings. The zero-order valence-corrected chi connectivity index (χ0v) is 18.4. The molecule has 0 aliphatic heterocycles. The number of rotatable bonds is 8. The van der Waals surface area contributed by atoms with Crippen molar-refractivity contribution in [1.82, 2.24) is 29.8 Å². The van der Waals surface area contributed by atoms with E-state index in [0.717, 1.165) is 11.0 Å². The quantitative estimate of drug-likeness (QED) is 0.321. The predicted molar refractivity (Wildman–Crippen MR) is 119 cm³/mol. The summed E-state index contributed by atoms with van der Waals surface area (Å²) in [4.78, 5) is 24.2. The Bertz CT molecular complexity index is 1270. The number of carbonyl (C=O) groups is 2. The highest BCUT2D eigenvalue weighted by Crippen LogP contribution is 2.18. The van der Waals surface area contributed by atoms with Gasteiger partial charge in [0.1, 0.15) is 12.1 Å². The number of carbonyl (C=O) groups excluding carboxylic acids is 2. The van der Waals surface area contributed by atoms with E-state index < -0.39 is 5.97 Å². The third-order valence-corrected chi connectivity index (χ3v) is 5.65. The number of aromatic nitrogens is 6. The Hall–Kier alpha value is -3.73. The van der Waals surface area contributed by atoms with E-state index in [2.05, 4.69) is 25.8 Å². The fraction of sp³-hybridized carbons (Fsp3) is 0.238. The van der Waals surface area contributed by atoms with Crippen molar-refractivity contribution in [3.63, 3.8) is 0 Å². The molecule has 0 aliphatic carbocycles. The van der Waals surface area contributed by atoms with Crippen LogP contribution in [-0.2, 0) is 23.1 Å². The molecule has 0 saturated carbocycles. The predicted octanol–water partition coefficient (Wildman–Crippen LogP) is 2.52. The fourth-order valence-corrected chi connectivity index (χ4v) is 3.77. The summed E-state index contributed by atoms with van der Waals surface area (Å²) < 4.78 is 8.58. The van der Waals surface area contributed by atoms with Gasteiger partial charge < -0.3 is 14.6 Å². The number of para-hydroxylation sites is 1. The molecule has 10 nitrogen and oxygen atoms in total. The van der Waals surface area contributed by atoms with Gasteiger partial charge in [-0.25, -0.2) is 9.48 Å². The zero-order valence-electron chi connectivity index (χ0n) is 17.6. The lowest BCUT2D eigenvalue weighted by Gasteiger charge is -2.07. The summed E-state index contributed by atoms with van der Waals surface area (Å²) in [5.74, 6) is 0.195. The summed E-state index contributed by atoms with van der Waals surface area (Å²) in [6, 6.07) is 14.3. The van der Waals surface area contributed by atoms with Crippen molar-refractivity contribution in [2.24, 2.45) is 7.05 Å². The van der Waals surface area contributed by atoms with Gasteiger partial charge in [-0.1, -0.05) is 35.2 Å². The van der Waals surface area contributed by atoms with Gasteiger partial charge in [0, 0.05) is 12.7 Å². The summed E-state index contributed by atoms with van der Waals surface area (Å²) in [7, 11) is 1.84. The van der Waals surface area contributed by atoms with Gasteiger partial charge in [-0.2, -0.15) is 0 Å². The van der Waals surface area contributed by atoms with Gasteiger partial charge in [-0.3, -0.25) is 4.79 Å². The highest BCUT2D eigenvalue weighted by Gasteiger charge is 2.14. The first-order chi connectivity index (χ1) is 15.5. The molecule has 0 unspecified atom stereocenters. The first-order valence-corrected chi connectivity index (χ1v) is 10.9. The molecule has 4 rings (SSSR count). The third kappa shape index (κ3) is 4.78. The highest BCUT2D eigenvalue weighted by atomic mass is 32.2. The Morgan fingerprint density at radius 1 is 1.09 bits per heavy atom. The minimum atomic E-state index is -0.426. The standard InChI is InChI=1S/C21H21N7O3S/c1-3-31-20(30)14-7-6-8-15(11-14)22-19(29)13-32-21-25-24-18(27(21)2)12-28-17-10-5-4-9-16(17)23-26-28/h4-11H,3,12-13H2,1-2H3,(H,22,29). The normalized spacial score (nSPS) is 10.9. The van der Waals surface area contributed by atoms with Crippen molar-refractivity contribution >= 4 is 40.4 Å². The average molecular weight is 452 g/mol. The lowest BCUT2D eigenvalue weighted by atomic mass is 10.2. The van der Waals surface area contributed by atoms with Crippen LogP contribution >= 0.6 is 11.8 Å². The molecule has 1 N–H and O–H groups in total. The maximum Gasteiger partial charge on any atom is 0.338 e. The van der Waals surface area contributed by atoms with Crippen molar-refractivity contribution in [3.8, 4) is 0 Å². The number of fused-ring (bicyclic) bond motifs is 1. The van der Waals surface area contributed by atoms with Crippen molar-refractivity contribution in [2.45, 2.75) is 18.6 Å². The molecule has 11 heteroatoms. The number of esters is 1. The van der Waals surface area contributed by atoms with Crippen LogP contribution < -0.4 is 5.32 Å². The van der Waals surface area contributed by atoms with Gasteiger partial charge in [0.2, 0.25) is 5.91 Å². The molecule has 0 fully saturated rings. The van der Waals surface area contributed by atoms with E-state index in [1.54, 1.807) is 35.9 Å². The third-order valence-electron chi connectivity index (χ3n) is 4.63. The van der Waals surface area contributed by atoms with Crippen molar-refractivity contribution in [3.05, 3.63) is 59.9 Å². The molecular formula is C21H21N7O3S. The van der Waals surface area contributed by atoms with E-state index in [1.165, 1.54) is 11.8 Å². The molecule has 164 valence electrons. The average Bonchev–Trinajstić information content (AvgIpc) is 3.36. The van der Waals surface area contributed by atoms with Gasteiger partial charge in [-0.05, 0) is 37.3 Å². The Balaban J connectivity index is 1.36. The number of benzene rings is 2. The maximum atomic E-state index is 12.4. The SMILES string of the molecule is CCOC(=O)c1cccc(NC(=O)CSc2nnc(Cn3nnc4ccccc43)n2C)c1. The molecule has 1 amide bonds. The van der Waals surface area contributed by atoms with Crippen LogP contribution in [0.15, 0.2) is 53.7 Å². The second-order valence-electron chi connectivity index (χ2n) is 6.83. The van der Waals surface area contributed by atoms with Gasteiger partial charge >= 0.3 is 5.97 Å². The Morgan fingerprint density at radius 2 is 1.94 bits per heavy atom. The minimum absolute atomic E-state index is 0.141. The molecule has 0 radical (unpaired) electrons. The lowest BCUT2D eigenvalue weighted by Crippen LogP contribution is -2.15. The van der Waals surface area contributed by atoms with E-state index >= 15 is 0 Å². The Kier molecular flexibility index (Phi) is 6.45. The molecule has 0 saturated heterocycles. The number of hydrogen-bond donors (Lipinski definition) is 1. The van der Waals surface area contributed by atoms with Gasteiger partial charge in [0.05, 0.1) is 23.4 Å². The highest BCUT2D eigenvalue weighted by molar-refractivity contribution is 7.99. The maximum absolute atomic E-state index is 12.4. The Morgan fingerprint density at radius 3 is 2.78 bits per heavy atom. The van der Waals surface area contributed by atoms with Gasteiger partial charge in [0.15, 0.2) is 11.0 Å². The number of nitrogens with one attached hydrogen (secondary N) is 1. The van der Waals surface area contributed by atoms with Crippen LogP contribution in [0.5, 0.6) is 0 Å². The smallest absolute Gasteiger partial charge is 0.338 e. The monoisotopic (exact) mass is 451 g/mol. The van der Waals surface area contributed by atoms with Gasteiger partial charge in [0.25, 0.3) is 0 Å². The number of anilines is 1. The van der Waals surface area contributed by atoms with Crippen LogP contribution in [0.4, 0.5) is 5.69 Å². The van der Waals surface area contributed by atoms with Crippen LogP contribution in [0.1, 0.15) is 23.1 Å². The van der Waals surface area contributed by atoms with Crippen LogP contribution in [0.2, 0.25) is 0 Å². The van der Waals surface area contributed by atoms with Gasteiger partial charge in [-0.15, -0.1) is 15.3 Å². The van der Waals surface area contributed by atoms with Crippen LogP contribution in [0.25, 0.3) is 11.0 Å². The first-order valence-electron chi connectivity index (χ1n) is 9.91. The Labute approximate surface area is 188 Å². The molecule has 2 aromatic carbocycles. The summed E-state index contributed by atoms with van der Waals surface area (Å²) >= 11 is 1.27. The largest absolute Gasteiger partial charge is 0.462 e.